The van der Waals surface area contributed by atoms with Gasteiger partial charge in [0.25, 0.3) is 0 Å². The van der Waals surface area contributed by atoms with E-state index >= 15 is 0 Å². The van der Waals surface area contributed by atoms with Crippen molar-refractivity contribution in [2.75, 3.05) is 26.2 Å². The molecule has 3 aliphatic rings. The van der Waals surface area contributed by atoms with Crippen LogP contribution in [0.3, 0.4) is 0 Å². The van der Waals surface area contributed by atoms with Gasteiger partial charge in [-0.05, 0) is 56.6 Å². The van der Waals surface area contributed by atoms with Crippen LogP contribution in [0.4, 0.5) is 0 Å². The first-order valence-corrected chi connectivity index (χ1v) is 11.7. The lowest BCUT2D eigenvalue weighted by Gasteiger charge is -2.36. The zero-order valence-electron chi connectivity index (χ0n) is 18.8. The number of carbonyl (C=O) groups is 3. The van der Waals surface area contributed by atoms with Gasteiger partial charge in [0.2, 0.25) is 17.7 Å². The summed E-state index contributed by atoms with van der Waals surface area (Å²) < 4.78 is 5.82. The monoisotopic (exact) mass is 426 g/mol. The summed E-state index contributed by atoms with van der Waals surface area (Å²) in [6.45, 7) is 6.15. The number of amides is 3. The van der Waals surface area contributed by atoms with E-state index < -0.39 is 5.41 Å². The molecule has 1 aromatic rings. The number of hydrogen-bond acceptors (Lipinski definition) is 4. The molecular formula is C25H34N2O4. The second-order valence-electron chi connectivity index (χ2n) is 9.42. The fourth-order valence-electron chi connectivity index (χ4n) is 5.34. The maximum absolute atomic E-state index is 13.7. The Bertz CT molecular complexity index is 844. The van der Waals surface area contributed by atoms with E-state index in [1.54, 1.807) is 0 Å². The number of imide groups is 1. The van der Waals surface area contributed by atoms with Crippen LogP contribution in [-0.4, -0.2) is 59.9 Å². The highest BCUT2D eigenvalue weighted by Gasteiger charge is 2.54. The van der Waals surface area contributed by atoms with Crippen LogP contribution in [0.25, 0.3) is 0 Å². The van der Waals surface area contributed by atoms with E-state index in [9.17, 15) is 14.4 Å². The molecule has 3 amide bonds. The highest BCUT2D eigenvalue weighted by molar-refractivity contribution is 6.10. The molecule has 0 aromatic heterocycles. The summed E-state index contributed by atoms with van der Waals surface area (Å²) in [5.74, 6) is 0.0779. The summed E-state index contributed by atoms with van der Waals surface area (Å²) in [4.78, 5) is 43.2. The van der Waals surface area contributed by atoms with E-state index in [0.29, 0.717) is 19.0 Å². The zero-order valence-corrected chi connectivity index (χ0v) is 18.8. The SMILES string of the molecule is CCN1C(=O)C[C@@](CC(=O)N(CC2CCC2)C[C@@H]2CCCO2)(c2ccccc2C)C1=O. The van der Waals surface area contributed by atoms with E-state index in [4.69, 9.17) is 4.74 Å². The molecule has 1 aliphatic carbocycles. The topological polar surface area (TPSA) is 66.9 Å². The van der Waals surface area contributed by atoms with Gasteiger partial charge in [-0.2, -0.15) is 0 Å². The number of ether oxygens (including phenoxy) is 1. The molecule has 2 atom stereocenters. The van der Waals surface area contributed by atoms with Gasteiger partial charge in [0.15, 0.2) is 0 Å². The van der Waals surface area contributed by atoms with Crippen molar-refractivity contribution < 1.29 is 19.1 Å². The van der Waals surface area contributed by atoms with Crippen LogP contribution in [-0.2, 0) is 24.5 Å². The van der Waals surface area contributed by atoms with Gasteiger partial charge in [-0.15, -0.1) is 0 Å². The lowest BCUT2D eigenvalue weighted by Crippen LogP contribution is -2.47. The van der Waals surface area contributed by atoms with Crippen LogP contribution in [0.5, 0.6) is 0 Å². The molecule has 31 heavy (non-hydrogen) atoms. The average molecular weight is 427 g/mol. The van der Waals surface area contributed by atoms with Crippen LogP contribution < -0.4 is 0 Å². The minimum atomic E-state index is -1.11. The number of benzene rings is 1. The highest BCUT2D eigenvalue weighted by Crippen LogP contribution is 2.42. The predicted octanol–water partition coefficient (Wildman–Crippen LogP) is 3.21. The standard InChI is InChI=1S/C25H34N2O4/c1-3-27-23(29)15-25(24(27)30,21-12-5-4-8-18(21)2)14-22(28)26(16-19-9-6-10-19)17-20-11-7-13-31-20/h4-5,8,12,19-20H,3,6-7,9-11,13-17H2,1-2H3/t20-,25-/m0/s1. The van der Waals surface area contributed by atoms with E-state index in [2.05, 4.69) is 0 Å². The number of hydrogen-bond donors (Lipinski definition) is 0. The molecule has 1 aromatic carbocycles. The number of aryl methyl sites for hydroxylation is 1. The summed E-state index contributed by atoms with van der Waals surface area (Å²) in [7, 11) is 0. The Labute approximate surface area is 184 Å². The van der Waals surface area contributed by atoms with Gasteiger partial charge in [-0.25, -0.2) is 0 Å². The van der Waals surface area contributed by atoms with E-state index in [0.717, 1.165) is 50.0 Å². The second kappa shape index (κ2) is 9.11. The molecule has 2 heterocycles. The smallest absolute Gasteiger partial charge is 0.240 e. The Morgan fingerprint density at radius 2 is 1.94 bits per heavy atom. The molecule has 0 radical (unpaired) electrons. The summed E-state index contributed by atoms with van der Waals surface area (Å²) in [5, 5.41) is 0. The minimum Gasteiger partial charge on any atom is -0.376 e. The van der Waals surface area contributed by atoms with Gasteiger partial charge in [0.05, 0.1) is 11.5 Å². The third-order valence-corrected chi connectivity index (χ3v) is 7.34. The quantitative estimate of drug-likeness (QED) is 0.599. The number of rotatable bonds is 8. The van der Waals surface area contributed by atoms with Gasteiger partial charge >= 0.3 is 0 Å². The zero-order chi connectivity index (χ0) is 22.0. The van der Waals surface area contributed by atoms with Crippen molar-refractivity contribution in [3.63, 3.8) is 0 Å². The van der Waals surface area contributed by atoms with Gasteiger partial charge in [0, 0.05) is 39.1 Å². The summed E-state index contributed by atoms with van der Waals surface area (Å²) in [6, 6.07) is 7.67. The molecule has 3 fully saturated rings. The molecular weight excluding hydrogens is 392 g/mol. The van der Waals surface area contributed by atoms with Crippen molar-refractivity contribution in [3.8, 4) is 0 Å². The number of carbonyl (C=O) groups excluding carboxylic acids is 3. The van der Waals surface area contributed by atoms with Gasteiger partial charge in [0.1, 0.15) is 0 Å². The minimum absolute atomic E-state index is 0.0373. The van der Waals surface area contributed by atoms with E-state index in [1.807, 2.05) is 43.0 Å². The molecule has 2 saturated heterocycles. The maximum atomic E-state index is 13.7. The largest absolute Gasteiger partial charge is 0.376 e. The molecule has 6 heteroatoms. The number of nitrogens with zero attached hydrogens (tertiary/aromatic N) is 2. The summed E-state index contributed by atoms with van der Waals surface area (Å²) in [6.07, 6.45) is 5.70. The van der Waals surface area contributed by atoms with Crippen molar-refractivity contribution in [1.82, 2.24) is 9.80 Å². The number of likely N-dealkylation sites (tertiary alicyclic amines) is 1. The van der Waals surface area contributed by atoms with Gasteiger partial charge in [-0.3, -0.25) is 19.3 Å². The third-order valence-electron chi connectivity index (χ3n) is 7.34. The Hall–Kier alpha value is -2.21. The van der Waals surface area contributed by atoms with E-state index in [1.165, 1.54) is 11.3 Å². The predicted molar refractivity (Wildman–Crippen MR) is 117 cm³/mol. The highest BCUT2D eigenvalue weighted by atomic mass is 16.5. The lowest BCUT2D eigenvalue weighted by atomic mass is 9.73. The van der Waals surface area contributed by atoms with E-state index in [-0.39, 0.29) is 36.7 Å². The Morgan fingerprint density at radius 3 is 2.52 bits per heavy atom. The molecule has 6 nitrogen and oxygen atoms in total. The molecule has 1 saturated carbocycles. The molecule has 0 unspecified atom stereocenters. The first-order valence-electron chi connectivity index (χ1n) is 11.7. The van der Waals surface area contributed by atoms with Crippen LogP contribution in [0, 0.1) is 12.8 Å². The first kappa shape index (κ1) is 22.0. The van der Waals surface area contributed by atoms with Crippen molar-refractivity contribution in [1.29, 1.82) is 0 Å². The maximum Gasteiger partial charge on any atom is 0.240 e. The van der Waals surface area contributed by atoms with Gasteiger partial charge in [-0.1, -0.05) is 30.7 Å². The molecule has 2 aliphatic heterocycles. The summed E-state index contributed by atoms with van der Waals surface area (Å²) >= 11 is 0. The Balaban J connectivity index is 1.63. The third kappa shape index (κ3) is 4.27. The molecule has 0 bridgehead atoms. The molecule has 4 rings (SSSR count). The van der Waals surface area contributed by atoms with Crippen molar-refractivity contribution >= 4 is 17.7 Å². The van der Waals surface area contributed by atoms with Crippen LogP contribution in [0.1, 0.15) is 63.0 Å². The normalized spacial score (nSPS) is 26.4. The van der Waals surface area contributed by atoms with Gasteiger partial charge < -0.3 is 9.64 Å². The Morgan fingerprint density at radius 1 is 1.16 bits per heavy atom. The fourth-order valence-corrected chi connectivity index (χ4v) is 5.34. The number of likely N-dealkylation sites (N-methyl/N-ethyl adjacent to an activating group) is 1. The molecule has 168 valence electrons. The van der Waals surface area contributed by atoms with Crippen molar-refractivity contribution in [2.45, 2.75) is 70.3 Å². The first-order chi connectivity index (χ1) is 14.9. The molecule has 0 N–H and O–H groups in total. The van der Waals surface area contributed by atoms with Crippen LogP contribution >= 0.6 is 0 Å². The lowest BCUT2D eigenvalue weighted by molar-refractivity contribution is -0.143. The summed E-state index contributed by atoms with van der Waals surface area (Å²) in [5.41, 5.74) is 0.640. The Kier molecular flexibility index (Phi) is 6.47. The fraction of sp³-hybridized carbons (Fsp3) is 0.640. The molecule has 0 spiro atoms. The average Bonchev–Trinajstić information content (AvgIpc) is 3.30. The van der Waals surface area contributed by atoms with Crippen LogP contribution in [0.2, 0.25) is 0 Å². The van der Waals surface area contributed by atoms with Crippen molar-refractivity contribution in [3.05, 3.63) is 35.4 Å². The second-order valence-corrected chi connectivity index (χ2v) is 9.42. The van der Waals surface area contributed by atoms with Crippen LogP contribution in [0.15, 0.2) is 24.3 Å². The van der Waals surface area contributed by atoms with Crippen molar-refractivity contribution in [2.24, 2.45) is 5.92 Å².